The zero-order valence-corrected chi connectivity index (χ0v) is 8.34. The summed E-state index contributed by atoms with van der Waals surface area (Å²) in [6.45, 7) is 11.2. The van der Waals surface area contributed by atoms with Crippen LogP contribution >= 0.6 is 0 Å². The van der Waals surface area contributed by atoms with Gasteiger partial charge in [0.05, 0.1) is 6.61 Å². The molecular weight excluding hydrogens is 150 g/mol. The Kier molecular flexibility index (Phi) is 7.11. The Bertz CT molecular complexity index is 117. The van der Waals surface area contributed by atoms with Crippen LogP contribution in [-0.4, -0.2) is 36.2 Å². The molecule has 0 unspecified atom stereocenters. The van der Waals surface area contributed by atoms with Crippen molar-refractivity contribution in [1.82, 2.24) is 4.90 Å². The second-order valence-corrected chi connectivity index (χ2v) is 3.10. The summed E-state index contributed by atoms with van der Waals surface area (Å²) in [6, 6.07) is 0. The van der Waals surface area contributed by atoms with E-state index in [9.17, 15) is 0 Å². The number of nitrogens with zero attached hydrogens (tertiary/aromatic N) is 1. The third-order valence-electron chi connectivity index (χ3n) is 1.90. The van der Waals surface area contributed by atoms with Crippen LogP contribution in [0.1, 0.15) is 26.7 Å². The van der Waals surface area contributed by atoms with Gasteiger partial charge in [-0.25, -0.2) is 0 Å². The minimum Gasteiger partial charge on any atom is -0.395 e. The number of hydrogen-bond donors (Lipinski definition) is 1. The fourth-order valence-electron chi connectivity index (χ4n) is 1.16. The minimum atomic E-state index is 0.247. The molecule has 2 nitrogen and oxygen atoms in total. The Labute approximate surface area is 75.9 Å². The zero-order valence-electron chi connectivity index (χ0n) is 8.34. The molecule has 0 atom stereocenters. The molecule has 0 rings (SSSR count). The van der Waals surface area contributed by atoms with Crippen LogP contribution in [0.4, 0.5) is 0 Å². The van der Waals surface area contributed by atoms with Gasteiger partial charge in [-0.1, -0.05) is 26.0 Å². The van der Waals surface area contributed by atoms with Crippen molar-refractivity contribution in [2.45, 2.75) is 26.7 Å². The van der Waals surface area contributed by atoms with Crippen LogP contribution in [0.3, 0.4) is 0 Å². The number of hydrogen-bond acceptors (Lipinski definition) is 2. The summed E-state index contributed by atoms with van der Waals surface area (Å²) in [5, 5.41) is 8.78. The summed E-state index contributed by atoms with van der Waals surface area (Å²) in [6.07, 6.45) is 2.17. The van der Waals surface area contributed by atoms with E-state index in [2.05, 4.69) is 25.3 Å². The number of rotatable bonds is 7. The van der Waals surface area contributed by atoms with Gasteiger partial charge in [0.25, 0.3) is 0 Å². The quantitative estimate of drug-likeness (QED) is 0.589. The van der Waals surface area contributed by atoms with Gasteiger partial charge in [0.1, 0.15) is 0 Å². The molecule has 0 amide bonds. The van der Waals surface area contributed by atoms with Crippen LogP contribution in [0, 0.1) is 0 Å². The molecule has 72 valence electrons. The third-order valence-corrected chi connectivity index (χ3v) is 1.90. The predicted octanol–water partition coefficient (Wildman–Crippen LogP) is 1.66. The van der Waals surface area contributed by atoms with Crippen molar-refractivity contribution in [1.29, 1.82) is 0 Å². The lowest BCUT2D eigenvalue weighted by molar-refractivity contribution is 0.205. The van der Waals surface area contributed by atoms with E-state index in [0.717, 1.165) is 32.5 Å². The predicted molar refractivity (Wildman–Crippen MR) is 53.2 cm³/mol. The molecule has 0 radical (unpaired) electrons. The van der Waals surface area contributed by atoms with E-state index in [1.807, 2.05) is 0 Å². The molecule has 0 saturated heterocycles. The summed E-state index contributed by atoms with van der Waals surface area (Å²) in [7, 11) is 0. The van der Waals surface area contributed by atoms with Gasteiger partial charge in [0.15, 0.2) is 0 Å². The summed E-state index contributed by atoms with van der Waals surface area (Å²) >= 11 is 0. The van der Waals surface area contributed by atoms with Crippen molar-refractivity contribution in [3.8, 4) is 0 Å². The Morgan fingerprint density at radius 1 is 1.33 bits per heavy atom. The normalized spacial score (nSPS) is 10.7. The molecule has 0 aromatic rings. The highest BCUT2D eigenvalue weighted by Crippen LogP contribution is 2.01. The second kappa shape index (κ2) is 7.32. The van der Waals surface area contributed by atoms with Crippen molar-refractivity contribution < 1.29 is 5.11 Å². The van der Waals surface area contributed by atoms with Crippen LogP contribution in [0.2, 0.25) is 0 Å². The molecule has 0 bridgehead atoms. The summed E-state index contributed by atoms with van der Waals surface area (Å²) in [5.41, 5.74) is 1.25. The SMILES string of the molecule is C=C(CC)CN(CCC)CCO. The van der Waals surface area contributed by atoms with Crippen molar-refractivity contribution in [2.75, 3.05) is 26.2 Å². The van der Waals surface area contributed by atoms with E-state index in [0.29, 0.717) is 0 Å². The molecule has 0 aliphatic carbocycles. The zero-order chi connectivity index (χ0) is 9.40. The smallest absolute Gasteiger partial charge is 0.0558 e. The van der Waals surface area contributed by atoms with Gasteiger partial charge in [-0.3, -0.25) is 4.90 Å². The van der Waals surface area contributed by atoms with Crippen LogP contribution in [-0.2, 0) is 0 Å². The minimum absolute atomic E-state index is 0.247. The first kappa shape index (κ1) is 11.7. The number of aliphatic hydroxyl groups excluding tert-OH is 1. The maximum atomic E-state index is 8.78. The van der Waals surface area contributed by atoms with Crippen molar-refractivity contribution in [3.05, 3.63) is 12.2 Å². The topological polar surface area (TPSA) is 23.5 Å². The van der Waals surface area contributed by atoms with Crippen LogP contribution in [0.25, 0.3) is 0 Å². The monoisotopic (exact) mass is 171 g/mol. The van der Waals surface area contributed by atoms with Crippen molar-refractivity contribution >= 4 is 0 Å². The lowest BCUT2D eigenvalue weighted by atomic mass is 10.2. The van der Waals surface area contributed by atoms with E-state index < -0.39 is 0 Å². The van der Waals surface area contributed by atoms with E-state index in [4.69, 9.17) is 5.11 Å². The summed E-state index contributed by atoms with van der Waals surface area (Å²) in [4.78, 5) is 2.24. The highest BCUT2D eigenvalue weighted by atomic mass is 16.3. The van der Waals surface area contributed by atoms with E-state index >= 15 is 0 Å². The lowest BCUT2D eigenvalue weighted by Gasteiger charge is -2.21. The molecule has 0 aliphatic rings. The van der Waals surface area contributed by atoms with E-state index in [1.54, 1.807) is 0 Å². The molecule has 0 aliphatic heterocycles. The number of aliphatic hydroxyl groups is 1. The average Bonchev–Trinajstić information content (AvgIpc) is 2.05. The fourth-order valence-corrected chi connectivity index (χ4v) is 1.16. The second-order valence-electron chi connectivity index (χ2n) is 3.10. The maximum Gasteiger partial charge on any atom is 0.0558 e. The maximum absolute atomic E-state index is 8.78. The van der Waals surface area contributed by atoms with E-state index in [-0.39, 0.29) is 6.61 Å². The van der Waals surface area contributed by atoms with Gasteiger partial charge < -0.3 is 5.11 Å². The van der Waals surface area contributed by atoms with Gasteiger partial charge in [0.2, 0.25) is 0 Å². The molecule has 12 heavy (non-hydrogen) atoms. The van der Waals surface area contributed by atoms with Gasteiger partial charge in [-0.2, -0.15) is 0 Å². The van der Waals surface area contributed by atoms with Crippen LogP contribution < -0.4 is 0 Å². The van der Waals surface area contributed by atoms with Crippen molar-refractivity contribution in [2.24, 2.45) is 0 Å². The standard InChI is InChI=1S/C10H21NO/c1-4-6-11(7-8-12)9-10(3)5-2/h12H,3-9H2,1-2H3. The van der Waals surface area contributed by atoms with Gasteiger partial charge >= 0.3 is 0 Å². The molecular formula is C10H21NO. The molecule has 0 heterocycles. The molecule has 0 fully saturated rings. The Morgan fingerprint density at radius 3 is 2.42 bits per heavy atom. The molecule has 0 spiro atoms. The lowest BCUT2D eigenvalue weighted by Crippen LogP contribution is -2.29. The van der Waals surface area contributed by atoms with E-state index in [1.165, 1.54) is 5.57 Å². The Balaban J connectivity index is 3.68. The third kappa shape index (κ3) is 5.33. The highest BCUT2D eigenvalue weighted by Gasteiger charge is 2.02. The Morgan fingerprint density at radius 2 is 2.00 bits per heavy atom. The first-order valence-electron chi connectivity index (χ1n) is 4.74. The first-order valence-corrected chi connectivity index (χ1v) is 4.74. The summed E-state index contributed by atoms with van der Waals surface area (Å²) in [5.74, 6) is 0. The molecule has 0 saturated carbocycles. The van der Waals surface area contributed by atoms with Crippen LogP contribution in [0.5, 0.6) is 0 Å². The highest BCUT2D eigenvalue weighted by molar-refractivity contribution is 4.95. The largest absolute Gasteiger partial charge is 0.395 e. The van der Waals surface area contributed by atoms with Crippen LogP contribution in [0.15, 0.2) is 12.2 Å². The molecule has 0 aromatic carbocycles. The molecule has 0 aromatic heterocycles. The average molecular weight is 171 g/mol. The van der Waals surface area contributed by atoms with Gasteiger partial charge in [-0.15, -0.1) is 0 Å². The van der Waals surface area contributed by atoms with Crippen molar-refractivity contribution in [3.63, 3.8) is 0 Å². The Hall–Kier alpha value is -0.340. The fraction of sp³-hybridized carbons (Fsp3) is 0.800. The van der Waals surface area contributed by atoms with Gasteiger partial charge in [-0.05, 0) is 19.4 Å². The first-order chi connectivity index (χ1) is 5.74. The summed E-state index contributed by atoms with van der Waals surface area (Å²) < 4.78 is 0. The van der Waals surface area contributed by atoms with Gasteiger partial charge in [0, 0.05) is 13.1 Å². The molecule has 1 N–H and O–H groups in total. The molecule has 2 heteroatoms.